The predicted octanol–water partition coefficient (Wildman–Crippen LogP) is 3.20. The number of hydrogen-bond acceptors (Lipinski definition) is 6. The molecule has 2 aromatic rings. The van der Waals surface area contributed by atoms with Gasteiger partial charge in [0.15, 0.2) is 25.1 Å². The second-order valence-corrected chi connectivity index (χ2v) is 6.05. The average molecular weight is 376 g/mol. The standard InChI is InChI=1S/C21H28O6/c1-23-14-26-19-9-5-4-7-16(19)11-12-18(22)13-17-8-6-10-20(25-3)21(17)27-15-24-2/h4-10,18,22H,11-15H2,1-3H3. The Kier molecular flexibility index (Phi) is 8.91. The van der Waals surface area contributed by atoms with E-state index in [0.717, 1.165) is 16.9 Å². The number of aliphatic hydroxyl groups excluding tert-OH is 1. The lowest BCUT2D eigenvalue weighted by Gasteiger charge is -2.17. The second kappa shape index (κ2) is 11.4. The molecular weight excluding hydrogens is 348 g/mol. The van der Waals surface area contributed by atoms with E-state index in [1.807, 2.05) is 42.5 Å². The molecule has 148 valence electrons. The van der Waals surface area contributed by atoms with Gasteiger partial charge in [-0.15, -0.1) is 0 Å². The zero-order valence-corrected chi connectivity index (χ0v) is 16.1. The molecule has 0 amide bonds. The maximum absolute atomic E-state index is 10.6. The molecule has 0 saturated heterocycles. The van der Waals surface area contributed by atoms with Crippen molar-refractivity contribution in [1.82, 2.24) is 0 Å². The number of hydrogen-bond donors (Lipinski definition) is 1. The molecule has 1 N–H and O–H groups in total. The van der Waals surface area contributed by atoms with Gasteiger partial charge in [-0.3, -0.25) is 0 Å². The lowest BCUT2D eigenvalue weighted by Crippen LogP contribution is -2.14. The molecule has 2 aromatic carbocycles. The lowest BCUT2D eigenvalue weighted by atomic mass is 10.00. The summed E-state index contributed by atoms with van der Waals surface area (Å²) in [5, 5.41) is 10.6. The Bertz CT molecular complexity index is 688. The number of ether oxygens (including phenoxy) is 5. The Labute approximate surface area is 160 Å². The summed E-state index contributed by atoms with van der Waals surface area (Å²) < 4.78 is 26.5. The predicted molar refractivity (Wildman–Crippen MR) is 102 cm³/mol. The van der Waals surface area contributed by atoms with Crippen LogP contribution in [0.3, 0.4) is 0 Å². The highest BCUT2D eigenvalue weighted by molar-refractivity contribution is 5.47. The fourth-order valence-corrected chi connectivity index (χ4v) is 2.82. The third-order valence-electron chi connectivity index (χ3n) is 4.11. The SMILES string of the molecule is COCOc1ccccc1CCC(O)Cc1cccc(OC)c1OCOC. The third-order valence-corrected chi connectivity index (χ3v) is 4.11. The summed E-state index contributed by atoms with van der Waals surface area (Å²) in [6.07, 6.45) is 1.21. The van der Waals surface area contributed by atoms with Crippen LogP contribution in [-0.4, -0.2) is 46.1 Å². The number of methoxy groups -OCH3 is 3. The Balaban J connectivity index is 2.01. The Morgan fingerprint density at radius 1 is 0.815 bits per heavy atom. The lowest BCUT2D eigenvalue weighted by molar-refractivity contribution is 0.0476. The highest BCUT2D eigenvalue weighted by Gasteiger charge is 2.15. The van der Waals surface area contributed by atoms with Gasteiger partial charge in [-0.25, -0.2) is 0 Å². The van der Waals surface area contributed by atoms with E-state index in [4.69, 9.17) is 23.7 Å². The van der Waals surface area contributed by atoms with Crippen LogP contribution in [0.5, 0.6) is 17.2 Å². The maximum Gasteiger partial charge on any atom is 0.188 e. The summed E-state index contributed by atoms with van der Waals surface area (Å²) in [5.74, 6) is 2.00. The van der Waals surface area contributed by atoms with Crippen LogP contribution >= 0.6 is 0 Å². The van der Waals surface area contributed by atoms with Crippen molar-refractivity contribution in [2.45, 2.75) is 25.4 Å². The fourth-order valence-electron chi connectivity index (χ4n) is 2.82. The first-order valence-corrected chi connectivity index (χ1v) is 8.84. The van der Waals surface area contributed by atoms with Crippen molar-refractivity contribution in [3.63, 3.8) is 0 Å². The first-order chi connectivity index (χ1) is 13.2. The van der Waals surface area contributed by atoms with Gasteiger partial charge in [-0.05, 0) is 30.5 Å². The molecule has 1 atom stereocenters. The smallest absolute Gasteiger partial charge is 0.188 e. The van der Waals surface area contributed by atoms with Crippen LogP contribution in [0.1, 0.15) is 17.5 Å². The molecule has 6 heteroatoms. The summed E-state index contributed by atoms with van der Waals surface area (Å²) in [5.41, 5.74) is 1.91. The van der Waals surface area contributed by atoms with Crippen LogP contribution in [0.4, 0.5) is 0 Å². The van der Waals surface area contributed by atoms with Crippen molar-refractivity contribution >= 4 is 0 Å². The molecule has 27 heavy (non-hydrogen) atoms. The van der Waals surface area contributed by atoms with Crippen LogP contribution in [0.2, 0.25) is 0 Å². The molecule has 0 heterocycles. The van der Waals surface area contributed by atoms with Gasteiger partial charge in [-0.2, -0.15) is 0 Å². The molecule has 2 rings (SSSR count). The minimum atomic E-state index is -0.530. The average Bonchev–Trinajstić information content (AvgIpc) is 2.70. The number of rotatable bonds is 12. The van der Waals surface area contributed by atoms with Crippen molar-refractivity contribution in [1.29, 1.82) is 0 Å². The van der Waals surface area contributed by atoms with Gasteiger partial charge in [0, 0.05) is 26.2 Å². The molecule has 0 aromatic heterocycles. The van der Waals surface area contributed by atoms with Crippen LogP contribution in [-0.2, 0) is 22.3 Å². The van der Waals surface area contributed by atoms with Crippen LogP contribution in [0.25, 0.3) is 0 Å². The molecular formula is C21H28O6. The highest BCUT2D eigenvalue weighted by atomic mass is 16.7. The molecule has 0 aliphatic rings. The highest BCUT2D eigenvalue weighted by Crippen LogP contribution is 2.32. The third kappa shape index (κ3) is 6.43. The van der Waals surface area contributed by atoms with E-state index in [0.29, 0.717) is 30.8 Å². The van der Waals surface area contributed by atoms with Gasteiger partial charge in [0.2, 0.25) is 0 Å². The molecule has 0 aliphatic carbocycles. The van der Waals surface area contributed by atoms with E-state index in [2.05, 4.69) is 0 Å². The number of para-hydroxylation sites is 2. The molecule has 0 aliphatic heterocycles. The Hall–Kier alpha value is -2.28. The number of benzene rings is 2. The molecule has 0 bridgehead atoms. The molecule has 0 saturated carbocycles. The quantitative estimate of drug-likeness (QED) is 0.574. The first-order valence-electron chi connectivity index (χ1n) is 8.84. The van der Waals surface area contributed by atoms with E-state index in [1.54, 1.807) is 21.3 Å². The summed E-state index contributed by atoms with van der Waals surface area (Å²) in [4.78, 5) is 0. The van der Waals surface area contributed by atoms with Crippen molar-refractivity contribution < 1.29 is 28.8 Å². The largest absolute Gasteiger partial charge is 0.493 e. The van der Waals surface area contributed by atoms with Crippen molar-refractivity contribution in [2.24, 2.45) is 0 Å². The first kappa shape index (κ1) is 21.0. The van der Waals surface area contributed by atoms with Crippen molar-refractivity contribution in [3.8, 4) is 17.2 Å². The zero-order chi connectivity index (χ0) is 19.5. The van der Waals surface area contributed by atoms with E-state index in [1.165, 1.54) is 0 Å². The minimum absolute atomic E-state index is 0.119. The minimum Gasteiger partial charge on any atom is -0.493 e. The van der Waals surface area contributed by atoms with E-state index < -0.39 is 6.10 Å². The Morgan fingerprint density at radius 2 is 1.48 bits per heavy atom. The van der Waals surface area contributed by atoms with E-state index in [-0.39, 0.29) is 13.6 Å². The number of aliphatic hydroxyl groups is 1. The second-order valence-electron chi connectivity index (χ2n) is 6.05. The van der Waals surface area contributed by atoms with Gasteiger partial charge in [0.25, 0.3) is 0 Å². The summed E-state index contributed by atoms with van der Waals surface area (Å²) in [7, 11) is 4.74. The monoisotopic (exact) mass is 376 g/mol. The van der Waals surface area contributed by atoms with Gasteiger partial charge in [0.05, 0.1) is 13.2 Å². The Morgan fingerprint density at radius 3 is 2.22 bits per heavy atom. The topological polar surface area (TPSA) is 66.4 Å². The van der Waals surface area contributed by atoms with Gasteiger partial charge < -0.3 is 28.8 Å². The molecule has 6 nitrogen and oxygen atoms in total. The van der Waals surface area contributed by atoms with Gasteiger partial charge in [0.1, 0.15) is 5.75 Å². The van der Waals surface area contributed by atoms with Gasteiger partial charge in [-0.1, -0.05) is 30.3 Å². The summed E-state index contributed by atoms with van der Waals surface area (Å²) >= 11 is 0. The van der Waals surface area contributed by atoms with E-state index in [9.17, 15) is 5.11 Å². The molecule has 0 spiro atoms. The van der Waals surface area contributed by atoms with Crippen LogP contribution in [0.15, 0.2) is 42.5 Å². The zero-order valence-electron chi connectivity index (χ0n) is 16.1. The number of aryl methyl sites for hydroxylation is 1. The normalized spacial score (nSPS) is 11.9. The summed E-state index contributed by atoms with van der Waals surface area (Å²) in [6.45, 7) is 0.317. The van der Waals surface area contributed by atoms with Crippen molar-refractivity contribution in [3.05, 3.63) is 53.6 Å². The van der Waals surface area contributed by atoms with Crippen LogP contribution in [0, 0.1) is 0 Å². The molecule has 0 fully saturated rings. The van der Waals surface area contributed by atoms with E-state index >= 15 is 0 Å². The molecule has 1 unspecified atom stereocenters. The molecule has 0 radical (unpaired) electrons. The van der Waals surface area contributed by atoms with Crippen LogP contribution < -0.4 is 14.2 Å². The summed E-state index contributed by atoms with van der Waals surface area (Å²) in [6, 6.07) is 13.4. The van der Waals surface area contributed by atoms with Gasteiger partial charge >= 0.3 is 0 Å². The maximum atomic E-state index is 10.6. The van der Waals surface area contributed by atoms with Crippen molar-refractivity contribution in [2.75, 3.05) is 34.9 Å². The fraction of sp³-hybridized carbons (Fsp3) is 0.429.